The molecule has 88 valence electrons. The van der Waals surface area contributed by atoms with Gasteiger partial charge in [-0.15, -0.1) is 0 Å². The highest BCUT2D eigenvalue weighted by molar-refractivity contribution is 6.35. The molecule has 0 amide bonds. The Bertz CT molecular complexity index is 348. The van der Waals surface area contributed by atoms with Crippen LogP contribution < -0.4 is 5.32 Å². The van der Waals surface area contributed by atoms with Crippen molar-refractivity contribution in [1.82, 2.24) is 10.2 Å². The first-order valence-electron chi connectivity index (χ1n) is 5.53. The van der Waals surface area contributed by atoms with Crippen molar-refractivity contribution in [2.75, 3.05) is 20.1 Å². The summed E-state index contributed by atoms with van der Waals surface area (Å²) < 4.78 is 0. The van der Waals surface area contributed by atoms with E-state index >= 15 is 0 Å². The average Bonchev–Trinajstić information content (AvgIpc) is 2.71. The first kappa shape index (κ1) is 12.2. The van der Waals surface area contributed by atoms with Gasteiger partial charge >= 0.3 is 0 Å². The fourth-order valence-electron chi connectivity index (χ4n) is 2.12. The quantitative estimate of drug-likeness (QED) is 0.897. The minimum atomic E-state index is 0.598. The van der Waals surface area contributed by atoms with E-state index in [4.69, 9.17) is 23.2 Å². The summed E-state index contributed by atoms with van der Waals surface area (Å²) >= 11 is 12.3. The van der Waals surface area contributed by atoms with Gasteiger partial charge in [0.05, 0.1) is 0 Å². The van der Waals surface area contributed by atoms with Crippen LogP contribution in [0.4, 0.5) is 0 Å². The van der Waals surface area contributed by atoms with E-state index in [0.29, 0.717) is 6.04 Å². The number of rotatable bonds is 3. The first-order chi connectivity index (χ1) is 7.70. The average molecular weight is 259 g/mol. The van der Waals surface area contributed by atoms with Crippen LogP contribution in [0.15, 0.2) is 18.2 Å². The topological polar surface area (TPSA) is 15.3 Å². The van der Waals surface area contributed by atoms with Gasteiger partial charge in [-0.25, -0.2) is 0 Å². The highest BCUT2D eigenvalue weighted by atomic mass is 35.5. The maximum absolute atomic E-state index is 6.15. The van der Waals surface area contributed by atoms with E-state index in [1.807, 2.05) is 25.2 Å². The molecule has 0 aliphatic carbocycles. The number of nitrogens with one attached hydrogen (secondary N) is 1. The van der Waals surface area contributed by atoms with Crippen LogP contribution >= 0.6 is 23.2 Å². The molecular formula is C12H16Cl2N2. The highest BCUT2D eigenvalue weighted by Gasteiger charge is 2.22. The molecule has 1 N–H and O–H groups in total. The normalized spacial score (nSPS) is 21.6. The summed E-state index contributed by atoms with van der Waals surface area (Å²) in [6, 6.07) is 6.28. The lowest BCUT2D eigenvalue weighted by atomic mass is 10.2. The molecule has 0 unspecified atom stereocenters. The summed E-state index contributed by atoms with van der Waals surface area (Å²) in [5.41, 5.74) is 1.04. The largest absolute Gasteiger partial charge is 0.316 e. The van der Waals surface area contributed by atoms with Gasteiger partial charge in [0.25, 0.3) is 0 Å². The van der Waals surface area contributed by atoms with Gasteiger partial charge in [-0.2, -0.15) is 0 Å². The zero-order valence-corrected chi connectivity index (χ0v) is 10.9. The molecule has 0 radical (unpaired) electrons. The van der Waals surface area contributed by atoms with Gasteiger partial charge in [0.2, 0.25) is 0 Å². The maximum atomic E-state index is 6.15. The number of likely N-dealkylation sites (tertiary alicyclic amines) is 1. The Kier molecular flexibility index (Phi) is 4.09. The molecule has 1 atom stereocenters. The van der Waals surface area contributed by atoms with Gasteiger partial charge in [-0.1, -0.05) is 29.3 Å². The second-order valence-corrected chi connectivity index (χ2v) is 5.02. The molecule has 1 aromatic carbocycles. The number of likely N-dealkylation sites (N-methyl/N-ethyl adjacent to an activating group) is 1. The SMILES string of the molecule is CN[C@H]1CCN(Cc2c(Cl)cccc2Cl)C1. The summed E-state index contributed by atoms with van der Waals surface area (Å²) in [6.07, 6.45) is 1.19. The molecule has 1 aliphatic heterocycles. The second kappa shape index (κ2) is 5.37. The zero-order valence-electron chi connectivity index (χ0n) is 9.34. The van der Waals surface area contributed by atoms with Gasteiger partial charge in [0.1, 0.15) is 0 Å². The molecule has 16 heavy (non-hydrogen) atoms. The molecular weight excluding hydrogens is 243 g/mol. The zero-order chi connectivity index (χ0) is 11.5. The van der Waals surface area contributed by atoms with Crippen LogP contribution in [0.2, 0.25) is 10.0 Å². The predicted molar refractivity (Wildman–Crippen MR) is 69.2 cm³/mol. The Morgan fingerprint density at radius 3 is 2.62 bits per heavy atom. The predicted octanol–water partition coefficient (Wildman–Crippen LogP) is 2.79. The minimum Gasteiger partial charge on any atom is -0.316 e. The standard InChI is InChI=1S/C12H16Cl2N2/c1-15-9-5-6-16(7-9)8-10-11(13)3-2-4-12(10)14/h2-4,9,15H,5-8H2,1H3/t9-/m0/s1. The number of benzene rings is 1. The molecule has 1 saturated heterocycles. The van der Waals surface area contributed by atoms with Crippen molar-refractivity contribution in [3.05, 3.63) is 33.8 Å². The van der Waals surface area contributed by atoms with Crippen molar-refractivity contribution in [3.8, 4) is 0 Å². The Morgan fingerprint density at radius 1 is 1.38 bits per heavy atom. The summed E-state index contributed by atoms with van der Waals surface area (Å²) in [5, 5.41) is 4.83. The van der Waals surface area contributed by atoms with Crippen LogP contribution in [0.1, 0.15) is 12.0 Å². The molecule has 1 aromatic rings. The Labute approximate surface area is 107 Å². The first-order valence-corrected chi connectivity index (χ1v) is 6.29. The van der Waals surface area contributed by atoms with Crippen LogP contribution in [0.25, 0.3) is 0 Å². The van der Waals surface area contributed by atoms with E-state index in [0.717, 1.165) is 35.2 Å². The fraction of sp³-hybridized carbons (Fsp3) is 0.500. The van der Waals surface area contributed by atoms with E-state index < -0.39 is 0 Å². The number of hydrogen-bond donors (Lipinski definition) is 1. The van der Waals surface area contributed by atoms with Gasteiger partial charge in [-0.05, 0) is 25.6 Å². The van der Waals surface area contributed by atoms with Crippen LogP contribution in [0.5, 0.6) is 0 Å². The third-order valence-corrected chi connectivity index (χ3v) is 3.83. The number of nitrogens with zero attached hydrogens (tertiary/aromatic N) is 1. The van der Waals surface area contributed by atoms with Gasteiger partial charge < -0.3 is 5.32 Å². The summed E-state index contributed by atoms with van der Waals surface area (Å²) in [4.78, 5) is 2.38. The highest BCUT2D eigenvalue weighted by Crippen LogP contribution is 2.26. The third-order valence-electron chi connectivity index (χ3n) is 3.12. The van der Waals surface area contributed by atoms with Crippen molar-refractivity contribution in [3.63, 3.8) is 0 Å². The Morgan fingerprint density at radius 2 is 2.06 bits per heavy atom. The summed E-state index contributed by atoms with van der Waals surface area (Å²) in [5.74, 6) is 0. The molecule has 0 bridgehead atoms. The van der Waals surface area contributed by atoms with E-state index in [2.05, 4.69) is 10.2 Å². The van der Waals surface area contributed by atoms with Crippen molar-refractivity contribution < 1.29 is 0 Å². The van der Waals surface area contributed by atoms with Crippen LogP contribution in [0, 0.1) is 0 Å². The van der Waals surface area contributed by atoms with Crippen molar-refractivity contribution >= 4 is 23.2 Å². The molecule has 2 rings (SSSR count). The van der Waals surface area contributed by atoms with Crippen LogP contribution in [-0.2, 0) is 6.54 Å². The molecule has 1 aliphatic rings. The fourth-order valence-corrected chi connectivity index (χ4v) is 2.64. The molecule has 0 spiro atoms. The van der Waals surface area contributed by atoms with E-state index in [1.165, 1.54) is 6.42 Å². The molecule has 2 nitrogen and oxygen atoms in total. The maximum Gasteiger partial charge on any atom is 0.0465 e. The van der Waals surface area contributed by atoms with Gasteiger partial charge in [0, 0.05) is 41.3 Å². The lowest BCUT2D eigenvalue weighted by Gasteiger charge is -2.17. The monoisotopic (exact) mass is 258 g/mol. The minimum absolute atomic E-state index is 0.598. The van der Waals surface area contributed by atoms with Crippen LogP contribution in [0.3, 0.4) is 0 Å². The van der Waals surface area contributed by atoms with Crippen molar-refractivity contribution in [2.45, 2.75) is 19.0 Å². The van der Waals surface area contributed by atoms with E-state index in [9.17, 15) is 0 Å². The lowest BCUT2D eigenvalue weighted by molar-refractivity contribution is 0.322. The molecule has 1 fully saturated rings. The molecule has 4 heteroatoms. The number of halogens is 2. The van der Waals surface area contributed by atoms with Gasteiger partial charge in [0.15, 0.2) is 0 Å². The molecule has 1 heterocycles. The van der Waals surface area contributed by atoms with Crippen molar-refractivity contribution in [2.24, 2.45) is 0 Å². The Balaban J connectivity index is 2.04. The van der Waals surface area contributed by atoms with Crippen LogP contribution in [-0.4, -0.2) is 31.1 Å². The second-order valence-electron chi connectivity index (χ2n) is 4.21. The van der Waals surface area contributed by atoms with E-state index in [-0.39, 0.29) is 0 Å². The molecule has 0 aromatic heterocycles. The summed E-state index contributed by atoms with van der Waals surface area (Å²) in [7, 11) is 2.01. The molecule has 0 saturated carbocycles. The van der Waals surface area contributed by atoms with Gasteiger partial charge in [-0.3, -0.25) is 4.90 Å². The third kappa shape index (κ3) is 2.69. The van der Waals surface area contributed by atoms with Crippen molar-refractivity contribution in [1.29, 1.82) is 0 Å². The van der Waals surface area contributed by atoms with E-state index in [1.54, 1.807) is 0 Å². The smallest absolute Gasteiger partial charge is 0.0465 e. The number of hydrogen-bond acceptors (Lipinski definition) is 2. The Hall–Kier alpha value is -0.280. The summed E-state index contributed by atoms with van der Waals surface area (Å²) in [6.45, 7) is 3.02. The lowest BCUT2D eigenvalue weighted by Crippen LogP contribution is -2.29.